The number of hydrogen-bond acceptors (Lipinski definition) is 0. The van der Waals surface area contributed by atoms with Gasteiger partial charge in [-0.15, -0.1) is 0 Å². The minimum absolute atomic E-state index is 0. The van der Waals surface area contributed by atoms with Crippen LogP contribution in [0.3, 0.4) is 0 Å². The van der Waals surface area contributed by atoms with Crippen LogP contribution in [0.2, 0.25) is 0 Å². The molecule has 6 heteroatoms. The van der Waals surface area contributed by atoms with Crippen LogP contribution in [0.4, 0.5) is 0 Å². The maximum Gasteiger partial charge on any atom is 2.00 e. The van der Waals surface area contributed by atoms with Crippen LogP contribution in [0.15, 0.2) is 0 Å². The Labute approximate surface area is 155 Å². The molecule has 0 aliphatic carbocycles. The van der Waals surface area contributed by atoms with Crippen LogP contribution in [0.1, 0.15) is 7.13 Å². The maximum absolute atomic E-state index is 0. The summed E-state index contributed by atoms with van der Waals surface area (Å²) in [6.07, 6.45) is 0. The van der Waals surface area contributed by atoms with Gasteiger partial charge in [-0.05, 0) is 0 Å². The minimum Gasteiger partial charge on any atom is -1.00 e. The summed E-state index contributed by atoms with van der Waals surface area (Å²) < 4.78 is 0. The third-order valence-corrected chi connectivity index (χ3v) is 0. The van der Waals surface area contributed by atoms with E-state index < -0.39 is 0 Å². The zero-order valence-corrected chi connectivity index (χ0v) is 15.6. The predicted octanol–water partition coefficient (Wildman–Crippen LogP) is -3.20. The average molecular weight is 361 g/mol. The third kappa shape index (κ3) is 23.1. The molecule has 0 aromatic carbocycles. The Hall–Kier alpha value is 4.99. The Bertz CT molecular complexity index is 24.4. The molecular formula is H5LiMg2NdZnZr. The van der Waals surface area contributed by atoms with Crippen LogP contribution < -0.4 is 18.9 Å². The van der Waals surface area contributed by atoms with E-state index in [1.807, 2.05) is 0 Å². The molecule has 0 aromatic heterocycles. The molecule has 0 fully saturated rings. The Kier molecular flexibility index (Phi) is 238. The second kappa shape index (κ2) is 32.4. The Morgan fingerprint density at radius 3 is 1.00 bits per heavy atom. The first-order chi connectivity index (χ1) is 0. The van der Waals surface area contributed by atoms with Crippen molar-refractivity contribution in [3.8, 4) is 0 Å². The van der Waals surface area contributed by atoms with Gasteiger partial charge in [0.1, 0.15) is 0 Å². The summed E-state index contributed by atoms with van der Waals surface area (Å²) in [5.74, 6) is 0. The molecule has 0 nitrogen and oxygen atoms in total. The van der Waals surface area contributed by atoms with Crippen LogP contribution in [0, 0.1) is 40.8 Å². The smallest absolute Gasteiger partial charge is 1.00 e. The first-order valence-electron chi connectivity index (χ1n) is 0. The molecule has 0 radical (unpaired) electrons. The second-order valence-electron chi connectivity index (χ2n) is 0. The van der Waals surface area contributed by atoms with E-state index >= 15 is 0 Å². The van der Waals surface area contributed by atoms with E-state index in [-0.39, 0.29) is 159 Å². The number of hydrogen-bond donors (Lipinski definition) is 0. The van der Waals surface area contributed by atoms with Crippen LogP contribution in [-0.2, 0) is 45.7 Å². The first kappa shape index (κ1) is 44.1. The molecule has 0 bridgehead atoms. The van der Waals surface area contributed by atoms with Gasteiger partial charge in [0, 0.05) is 86.5 Å². The molecule has 0 N–H and O–H groups in total. The molecule has 0 aromatic rings. The van der Waals surface area contributed by atoms with Crippen LogP contribution in [0.5, 0.6) is 0 Å². The molecule has 0 unspecified atom stereocenters. The second-order valence-corrected chi connectivity index (χ2v) is 0. The van der Waals surface area contributed by atoms with Gasteiger partial charge < -0.3 is 7.13 Å². The monoisotopic (exact) mass is 356 g/mol. The fourth-order valence-corrected chi connectivity index (χ4v) is 0. The van der Waals surface area contributed by atoms with Crippen molar-refractivity contribution in [3.63, 3.8) is 0 Å². The van der Waals surface area contributed by atoms with E-state index in [0.29, 0.717) is 0 Å². The summed E-state index contributed by atoms with van der Waals surface area (Å²) in [5, 5.41) is 0. The van der Waals surface area contributed by atoms with Gasteiger partial charge in [-0.1, -0.05) is 0 Å². The van der Waals surface area contributed by atoms with Crippen molar-refractivity contribution in [2.45, 2.75) is 0 Å². The van der Waals surface area contributed by atoms with E-state index in [1.165, 1.54) is 0 Å². The van der Waals surface area contributed by atoms with Crippen molar-refractivity contribution in [3.05, 3.63) is 0 Å². The van der Waals surface area contributed by atoms with Crippen molar-refractivity contribution in [1.82, 2.24) is 0 Å². The summed E-state index contributed by atoms with van der Waals surface area (Å²) in [4.78, 5) is 0. The van der Waals surface area contributed by atoms with E-state index in [9.17, 15) is 0 Å². The van der Waals surface area contributed by atoms with Crippen LogP contribution in [-0.4, -0.2) is 46.1 Å². The van der Waals surface area contributed by atoms with Crippen molar-refractivity contribution in [2.24, 2.45) is 0 Å². The van der Waals surface area contributed by atoms with Crippen molar-refractivity contribution in [2.75, 3.05) is 0 Å². The minimum atomic E-state index is 0. The molecule has 0 amide bonds. The number of rotatable bonds is 0. The average Bonchev–Trinajstić information content (AvgIpc) is 0. The molecule has 0 atom stereocenters. The molecule has 0 heterocycles. The zero-order chi connectivity index (χ0) is 0. The van der Waals surface area contributed by atoms with E-state index in [1.54, 1.807) is 0 Å². The molecule has 0 saturated heterocycles. The van der Waals surface area contributed by atoms with Gasteiger partial charge in [0.25, 0.3) is 0 Å². The van der Waals surface area contributed by atoms with Crippen LogP contribution in [0.25, 0.3) is 0 Å². The summed E-state index contributed by atoms with van der Waals surface area (Å²) in [6.45, 7) is 0. The van der Waals surface area contributed by atoms with Gasteiger partial charge in [-0.25, -0.2) is 0 Å². The quantitative estimate of drug-likeness (QED) is 0.399. The van der Waals surface area contributed by atoms with Gasteiger partial charge >= 0.3 is 65.0 Å². The third-order valence-electron chi connectivity index (χ3n) is 0. The molecule has 0 aliphatic rings. The summed E-state index contributed by atoms with van der Waals surface area (Å²) in [5.41, 5.74) is 0. The molecule has 0 aliphatic heterocycles. The summed E-state index contributed by atoms with van der Waals surface area (Å²) in [6, 6.07) is 0. The van der Waals surface area contributed by atoms with Gasteiger partial charge in [0.15, 0.2) is 0 Å². The molecule has 20 valence electrons. The van der Waals surface area contributed by atoms with Crippen molar-refractivity contribution >= 4 is 46.1 Å². The van der Waals surface area contributed by atoms with Crippen LogP contribution >= 0.6 is 0 Å². The first-order valence-corrected chi connectivity index (χ1v) is 0. The zero-order valence-electron chi connectivity index (χ0n) is 9.12. The van der Waals surface area contributed by atoms with E-state index in [2.05, 4.69) is 0 Å². The Morgan fingerprint density at radius 1 is 1.00 bits per heavy atom. The van der Waals surface area contributed by atoms with E-state index in [0.717, 1.165) is 0 Å². The Morgan fingerprint density at radius 2 is 1.00 bits per heavy atom. The van der Waals surface area contributed by atoms with Gasteiger partial charge in [0.05, 0.1) is 0 Å². The standard InChI is InChI=1S/Li.2Mg.Nd.Zn.Zr.5H/q+1;2*+2;;;;5*-1. The van der Waals surface area contributed by atoms with Gasteiger partial charge in [0.2, 0.25) is 0 Å². The summed E-state index contributed by atoms with van der Waals surface area (Å²) in [7, 11) is 0. The molecular weight excluding hydrogens is 356 g/mol. The topological polar surface area (TPSA) is 0 Å². The fourth-order valence-electron chi connectivity index (χ4n) is 0. The maximum atomic E-state index is 0. The molecule has 0 spiro atoms. The van der Waals surface area contributed by atoms with Crippen molar-refractivity contribution in [1.29, 1.82) is 0 Å². The molecule has 6 heavy (non-hydrogen) atoms. The van der Waals surface area contributed by atoms with E-state index in [4.69, 9.17) is 0 Å². The van der Waals surface area contributed by atoms with Gasteiger partial charge in [-0.2, -0.15) is 0 Å². The molecule has 0 rings (SSSR count). The SMILES string of the molecule is [H-].[H-].[H-].[H-].[H-].[Li+].[Mg+2].[Mg+2].[Nd].[Zn].[Zr]. The normalized spacial score (nSPS) is 0. The fraction of sp³-hybridized carbons (Fsp3) is 0. The predicted molar refractivity (Wildman–Crippen MR) is 17.1 cm³/mol. The van der Waals surface area contributed by atoms with Crippen molar-refractivity contribution < 1.29 is 113 Å². The molecule has 0 saturated carbocycles. The largest absolute Gasteiger partial charge is 2.00 e. The summed E-state index contributed by atoms with van der Waals surface area (Å²) >= 11 is 0. The van der Waals surface area contributed by atoms with Gasteiger partial charge in [-0.3, -0.25) is 0 Å². The Balaban J connectivity index is 0.